The fourth-order valence-corrected chi connectivity index (χ4v) is 6.27. The second kappa shape index (κ2) is 11.0. The Morgan fingerprint density at radius 2 is 1.56 bits per heavy atom. The van der Waals surface area contributed by atoms with Crippen LogP contribution in [0.1, 0.15) is 16.7 Å². The smallest absolute Gasteiger partial charge is 0.289 e. The number of imide groups is 1. The summed E-state index contributed by atoms with van der Waals surface area (Å²) in [6.07, 6.45) is 0.374. The molecule has 0 saturated carbocycles. The molecule has 0 aromatic heterocycles. The molecule has 1 atom stereocenters. The largest absolute Gasteiger partial charge is 0.487 e. The molecule has 1 heterocycles. The van der Waals surface area contributed by atoms with E-state index in [1.54, 1.807) is 24.3 Å². The molecule has 0 bridgehead atoms. The second-order valence-electron chi connectivity index (χ2n) is 7.55. The van der Waals surface area contributed by atoms with E-state index in [-0.39, 0.29) is 30.1 Å². The van der Waals surface area contributed by atoms with Gasteiger partial charge >= 0.3 is 0 Å². The predicted molar refractivity (Wildman–Crippen MR) is 140 cm³/mol. The first-order valence-electron chi connectivity index (χ1n) is 10.0. The first kappa shape index (κ1) is 25.5. The van der Waals surface area contributed by atoms with Crippen molar-refractivity contribution in [3.8, 4) is 5.75 Å². The summed E-state index contributed by atoms with van der Waals surface area (Å²) >= 11 is 20.1. The third-order valence-corrected chi connectivity index (χ3v) is 8.10. The van der Waals surface area contributed by atoms with Crippen molar-refractivity contribution in [1.82, 2.24) is 4.90 Å². The number of nitrogens with zero attached hydrogens (tertiary/aromatic N) is 1. The highest BCUT2D eigenvalue weighted by atomic mass is 79.9. The fraction of sp³-hybridized carbons (Fsp3) is 0.167. The minimum absolute atomic E-state index is 0.121. The zero-order valence-corrected chi connectivity index (χ0v) is 22.9. The maximum absolute atomic E-state index is 13.1. The lowest BCUT2D eigenvalue weighted by molar-refractivity contribution is -0.127. The minimum atomic E-state index is -0.533. The second-order valence-corrected chi connectivity index (χ2v) is 11.2. The van der Waals surface area contributed by atoms with Crippen LogP contribution < -0.4 is 4.74 Å². The fourth-order valence-electron chi connectivity index (χ4n) is 3.41. The molecule has 1 saturated heterocycles. The maximum Gasteiger partial charge on any atom is 0.289 e. The third-order valence-electron chi connectivity index (χ3n) is 5.11. The Kier molecular flexibility index (Phi) is 8.25. The standard InChI is InChI=1S/C24H16Br2Cl2FNO3S/c25-17-7-15(8-18(26)22(17)33-12-14-3-6-19(27)20(28)9-14)10-21-23(31)30(24(32)34-21)11-13-1-4-16(29)5-2-13/h1-9,21H,10-12H2/t21-/m1/s1. The van der Waals surface area contributed by atoms with Crippen LogP contribution in [-0.4, -0.2) is 21.3 Å². The first-order valence-corrected chi connectivity index (χ1v) is 13.2. The first-order chi connectivity index (χ1) is 16.2. The van der Waals surface area contributed by atoms with Crippen molar-refractivity contribution in [3.05, 3.63) is 96.1 Å². The van der Waals surface area contributed by atoms with Gasteiger partial charge in [0.05, 0.1) is 30.8 Å². The van der Waals surface area contributed by atoms with Crippen LogP contribution in [-0.2, 0) is 24.4 Å². The van der Waals surface area contributed by atoms with Gasteiger partial charge in [-0.05, 0) is 91.4 Å². The Morgan fingerprint density at radius 1 is 0.912 bits per heavy atom. The van der Waals surface area contributed by atoms with Gasteiger partial charge in [0.1, 0.15) is 18.2 Å². The molecule has 1 aliphatic heterocycles. The lowest BCUT2D eigenvalue weighted by Crippen LogP contribution is -2.31. The molecular weight excluding hydrogens is 632 g/mol. The van der Waals surface area contributed by atoms with E-state index in [0.29, 0.717) is 36.7 Å². The van der Waals surface area contributed by atoms with Gasteiger partial charge in [-0.2, -0.15) is 0 Å². The summed E-state index contributed by atoms with van der Waals surface area (Å²) in [5, 5.41) is 0.0953. The molecule has 0 unspecified atom stereocenters. The highest BCUT2D eigenvalue weighted by Gasteiger charge is 2.39. The number of halogens is 5. The number of amides is 2. The van der Waals surface area contributed by atoms with E-state index >= 15 is 0 Å². The summed E-state index contributed by atoms with van der Waals surface area (Å²) in [6.45, 7) is 0.410. The number of carbonyl (C=O) groups is 2. The van der Waals surface area contributed by atoms with Crippen molar-refractivity contribution in [2.75, 3.05) is 0 Å². The van der Waals surface area contributed by atoms with Crippen LogP contribution in [0.3, 0.4) is 0 Å². The van der Waals surface area contributed by atoms with Crippen LogP contribution in [0.5, 0.6) is 5.75 Å². The van der Waals surface area contributed by atoms with Crippen molar-refractivity contribution >= 4 is 78.0 Å². The Bertz CT molecular complexity index is 1240. The molecule has 0 radical (unpaired) electrons. The van der Waals surface area contributed by atoms with Gasteiger partial charge in [-0.25, -0.2) is 4.39 Å². The molecule has 0 aliphatic carbocycles. The van der Waals surface area contributed by atoms with E-state index in [4.69, 9.17) is 27.9 Å². The average molecular weight is 648 g/mol. The number of carbonyl (C=O) groups excluding carboxylic acids is 2. The highest BCUT2D eigenvalue weighted by molar-refractivity contribution is 9.11. The number of hydrogen-bond acceptors (Lipinski definition) is 4. The predicted octanol–water partition coefficient (Wildman–Crippen LogP) is 8.04. The zero-order chi connectivity index (χ0) is 24.4. The minimum Gasteiger partial charge on any atom is -0.487 e. The SMILES string of the molecule is O=C1S[C@H](Cc2cc(Br)c(OCc3ccc(Cl)c(Cl)c3)c(Br)c2)C(=O)N1Cc1ccc(F)cc1. The Balaban J connectivity index is 1.42. The lowest BCUT2D eigenvalue weighted by atomic mass is 10.1. The van der Waals surface area contributed by atoms with E-state index in [9.17, 15) is 14.0 Å². The molecule has 4 rings (SSSR count). The van der Waals surface area contributed by atoms with Gasteiger partial charge in [0, 0.05) is 0 Å². The van der Waals surface area contributed by atoms with E-state index < -0.39 is 5.25 Å². The summed E-state index contributed by atoms with van der Waals surface area (Å²) in [5.41, 5.74) is 2.42. The van der Waals surface area contributed by atoms with Crippen molar-refractivity contribution in [1.29, 1.82) is 0 Å². The summed E-state index contributed by atoms with van der Waals surface area (Å²) in [6, 6.07) is 14.8. The van der Waals surface area contributed by atoms with Crippen LogP contribution in [0.15, 0.2) is 63.5 Å². The van der Waals surface area contributed by atoms with Gasteiger partial charge in [-0.3, -0.25) is 14.5 Å². The van der Waals surface area contributed by atoms with E-state index in [2.05, 4.69) is 31.9 Å². The summed E-state index contributed by atoms with van der Waals surface area (Å²) in [7, 11) is 0. The van der Waals surface area contributed by atoms with Gasteiger partial charge in [0.2, 0.25) is 5.91 Å². The van der Waals surface area contributed by atoms with E-state index in [0.717, 1.165) is 22.9 Å². The molecular formula is C24H16Br2Cl2FNO3S. The van der Waals surface area contributed by atoms with Crippen molar-refractivity contribution in [3.63, 3.8) is 0 Å². The molecule has 1 aliphatic rings. The van der Waals surface area contributed by atoms with Gasteiger partial charge in [-0.15, -0.1) is 0 Å². The summed E-state index contributed by atoms with van der Waals surface area (Å²) in [5.74, 6) is -0.0172. The Morgan fingerprint density at radius 3 is 2.21 bits per heavy atom. The Hall–Kier alpha value is -1.58. The van der Waals surface area contributed by atoms with Gasteiger partial charge in [0.25, 0.3) is 5.24 Å². The zero-order valence-electron chi connectivity index (χ0n) is 17.4. The van der Waals surface area contributed by atoms with Gasteiger partial charge in [0.15, 0.2) is 0 Å². The van der Waals surface area contributed by atoms with Crippen molar-refractivity contribution in [2.24, 2.45) is 0 Å². The molecule has 4 nitrogen and oxygen atoms in total. The van der Waals surface area contributed by atoms with Crippen LogP contribution in [0, 0.1) is 5.82 Å². The molecule has 10 heteroatoms. The third kappa shape index (κ3) is 5.97. The molecule has 34 heavy (non-hydrogen) atoms. The molecule has 176 valence electrons. The Labute approximate surface area is 227 Å². The van der Waals surface area contributed by atoms with Crippen molar-refractivity contribution < 1.29 is 18.7 Å². The average Bonchev–Trinajstić information content (AvgIpc) is 3.04. The quantitative estimate of drug-likeness (QED) is 0.260. The number of hydrogen-bond donors (Lipinski definition) is 0. The highest BCUT2D eigenvalue weighted by Crippen LogP contribution is 2.38. The van der Waals surface area contributed by atoms with E-state index in [1.807, 2.05) is 18.2 Å². The molecule has 2 amide bonds. The monoisotopic (exact) mass is 645 g/mol. The lowest BCUT2D eigenvalue weighted by Gasteiger charge is -2.15. The number of benzene rings is 3. The maximum atomic E-state index is 13.1. The van der Waals surface area contributed by atoms with Gasteiger partial charge in [-0.1, -0.05) is 53.2 Å². The normalized spacial score (nSPS) is 15.8. The van der Waals surface area contributed by atoms with E-state index in [1.165, 1.54) is 17.0 Å². The van der Waals surface area contributed by atoms with Crippen molar-refractivity contribution in [2.45, 2.75) is 24.8 Å². The van der Waals surface area contributed by atoms with Crippen LogP contribution in [0.25, 0.3) is 0 Å². The molecule has 3 aromatic rings. The molecule has 1 fully saturated rings. The van der Waals surface area contributed by atoms with Crippen LogP contribution >= 0.6 is 66.8 Å². The number of rotatable bonds is 7. The molecule has 3 aromatic carbocycles. The number of thioether (sulfide) groups is 1. The molecule has 0 spiro atoms. The molecule has 0 N–H and O–H groups in total. The number of ether oxygens (including phenoxy) is 1. The van der Waals surface area contributed by atoms with Gasteiger partial charge < -0.3 is 4.74 Å². The topological polar surface area (TPSA) is 46.6 Å². The van der Waals surface area contributed by atoms with Crippen LogP contribution in [0.2, 0.25) is 10.0 Å². The van der Waals surface area contributed by atoms with Crippen LogP contribution in [0.4, 0.5) is 9.18 Å². The summed E-state index contributed by atoms with van der Waals surface area (Å²) < 4.78 is 20.5. The summed E-state index contributed by atoms with van der Waals surface area (Å²) in [4.78, 5) is 26.5.